The van der Waals surface area contributed by atoms with Gasteiger partial charge in [-0.1, -0.05) is 0 Å². The standard InChI is InChI=1S/C21H28ClN5O2/c1-26-8-10-27(11-9-26)15-18-5-4-17(14-24-18)25-21(28)16-3-6-20(19(23)13-16)29-12-2-7-22/h3-6,13-14H,2,7-12,15,23H2,1H3,(H,25,28). The lowest BCUT2D eigenvalue weighted by Gasteiger charge is -2.32. The van der Waals surface area contributed by atoms with Crippen molar-refractivity contribution in [1.82, 2.24) is 14.8 Å². The van der Waals surface area contributed by atoms with Gasteiger partial charge in [0.1, 0.15) is 5.75 Å². The van der Waals surface area contributed by atoms with Gasteiger partial charge in [-0.25, -0.2) is 0 Å². The number of alkyl halides is 1. The van der Waals surface area contributed by atoms with Crippen LogP contribution in [0.5, 0.6) is 5.75 Å². The number of hydrogen-bond acceptors (Lipinski definition) is 6. The van der Waals surface area contributed by atoms with Crippen LogP contribution in [0.4, 0.5) is 11.4 Å². The molecule has 1 aromatic heterocycles. The number of nitrogen functional groups attached to an aromatic ring is 1. The van der Waals surface area contributed by atoms with Crippen LogP contribution < -0.4 is 15.8 Å². The number of anilines is 2. The monoisotopic (exact) mass is 417 g/mol. The van der Waals surface area contributed by atoms with Crippen molar-refractivity contribution < 1.29 is 9.53 Å². The Morgan fingerprint density at radius 1 is 1.24 bits per heavy atom. The van der Waals surface area contributed by atoms with Gasteiger partial charge in [0, 0.05) is 44.2 Å². The number of pyridine rings is 1. The van der Waals surface area contributed by atoms with E-state index in [1.165, 1.54) is 0 Å². The van der Waals surface area contributed by atoms with Gasteiger partial charge in [-0.05, 0) is 43.8 Å². The van der Waals surface area contributed by atoms with Crippen molar-refractivity contribution >= 4 is 28.9 Å². The summed E-state index contributed by atoms with van der Waals surface area (Å²) in [7, 11) is 2.14. The van der Waals surface area contributed by atoms with Crippen LogP contribution in [0, 0.1) is 0 Å². The Morgan fingerprint density at radius 2 is 2.03 bits per heavy atom. The van der Waals surface area contributed by atoms with E-state index in [2.05, 4.69) is 27.1 Å². The number of nitrogens with one attached hydrogen (secondary N) is 1. The number of rotatable bonds is 8. The fraction of sp³-hybridized carbons (Fsp3) is 0.429. The molecule has 2 aromatic rings. The molecule has 2 heterocycles. The topological polar surface area (TPSA) is 83.7 Å². The van der Waals surface area contributed by atoms with Crippen LogP contribution >= 0.6 is 11.6 Å². The summed E-state index contributed by atoms with van der Waals surface area (Å²) in [4.78, 5) is 21.7. The highest BCUT2D eigenvalue weighted by atomic mass is 35.5. The molecule has 1 aliphatic heterocycles. The van der Waals surface area contributed by atoms with E-state index in [4.69, 9.17) is 22.1 Å². The molecule has 0 saturated carbocycles. The Balaban J connectivity index is 1.54. The zero-order valence-corrected chi connectivity index (χ0v) is 17.5. The van der Waals surface area contributed by atoms with E-state index in [0.717, 1.165) is 44.8 Å². The van der Waals surface area contributed by atoms with Crippen LogP contribution in [-0.4, -0.2) is 66.4 Å². The molecule has 1 fully saturated rings. The van der Waals surface area contributed by atoms with Crippen LogP contribution in [-0.2, 0) is 6.54 Å². The summed E-state index contributed by atoms with van der Waals surface area (Å²) in [6, 6.07) is 8.84. The fourth-order valence-electron chi connectivity index (χ4n) is 3.09. The molecule has 3 rings (SSSR count). The van der Waals surface area contributed by atoms with Crippen molar-refractivity contribution in [2.24, 2.45) is 0 Å². The smallest absolute Gasteiger partial charge is 0.255 e. The first-order chi connectivity index (χ1) is 14.0. The summed E-state index contributed by atoms with van der Waals surface area (Å²) in [6.07, 6.45) is 2.43. The molecule has 29 heavy (non-hydrogen) atoms. The largest absolute Gasteiger partial charge is 0.491 e. The van der Waals surface area contributed by atoms with Gasteiger partial charge in [0.05, 0.1) is 29.9 Å². The molecule has 1 amide bonds. The zero-order valence-electron chi connectivity index (χ0n) is 16.7. The molecule has 0 aliphatic carbocycles. The minimum Gasteiger partial charge on any atom is -0.491 e. The molecule has 1 aliphatic rings. The van der Waals surface area contributed by atoms with Crippen molar-refractivity contribution in [2.45, 2.75) is 13.0 Å². The van der Waals surface area contributed by atoms with Crippen molar-refractivity contribution in [3.63, 3.8) is 0 Å². The highest BCUT2D eigenvalue weighted by Crippen LogP contribution is 2.23. The number of aromatic nitrogens is 1. The van der Waals surface area contributed by atoms with Crippen LogP contribution in [0.3, 0.4) is 0 Å². The molecule has 156 valence electrons. The number of nitrogens with zero attached hydrogens (tertiary/aromatic N) is 3. The highest BCUT2D eigenvalue weighted by molar-refractivity contribution is 6.17. The third-order valence-corrected chi connectivity index (χ3v) is 5.14. The van der Waals surface area contributed by atoms with E-state index in [1.54, 1.807) is 24.4 Å². The quantitative estimate of drug-likeness (QED) is 0.390. The average molecular weight is 418 g/mol. The van der Waals surface area contributed by atoms with Gasteiger partial charge >= 0.3 is 0 Å². The fourth-order valence-corrected chi connectivity index (χ4v) is 3.20. The van der Waals surface area contributed by atoms with Gasteiger partial charge in [-0.2, -0.15) is 0 Å². The van der Waals surface area contributed by atoms with E-state index < -0.39 is 0 Å². The summed E-state index contributed by atoms with van der Waals surface area (Å²) in [6.45, 7) is 5.56. The Kier molecular flexibility index (Phi) is 7.69. The predicted molar refractivity (Wildman–Crippen MR) is 117 cm³/mol. The van der Waals surface area contributed by atoms with Crippen LogP contribution in [0.15, 0.2) is 36.5 Å². The number of nitrogens with two attached hydrogens (primary N) is 1. The lowest BCUT2D eigenvalue weighted by atomic mass is 10.1. The molecule has 1 saturated heterocycles. The number of carbonyl (C=O) groups excluding carboxylic acids is 1. The van der Waals surface area contributed by atoms with Gasteiger partial charge in [0.2, 0.25) is 0 Å². The van der Waals surface area contributed by atoms with Crippen LogP contribution in [0.1, 0.15) is 22.5 Å². The van der Waals surface area contributed by atoms with Crippen molar-refractivity contribution in [3.05, 3.63) is 47.8 Å². The first-order valence-electron chi connectivity index (χ1n) is 9.80. The third-order valence-electron chi connectivity index (χ3n) is 4.87. The maximum atomic E-state index is 12.5. The van der Waals surface area contributed by atoms with Crippen molar-refractivity contribution in [1.29, 1.82) is 0 Å². The maximum Gasteiger partial charge on any atom is 0.255 e. The molecule has 0 bridgehead atoms. The van der Waals surface area contributed by atoms with Crippen molar-refractivity contribution in [3.8, 4) is 5.75 Å². The average Bonchev–Trinajstić information content (AvgIpc) is 2.72. The number of benzene rings is 1. The highest BCUT2D eigenvalue weighted by Gasteiger charge is 2.14. The van der Waals surface area contributed by atoms with E-state index in [0.29, 0.717) is 35.2 Å². The Bertz CT molecular complexity index is 807. The number of carbonyl (C=O) groups is 1. The summed E-state index contributed by atoms with van der Waals surface area (Å²) in [5, 5.41) is 2.86. The minimum atomic E-state index is -0.238. The van der Waals surface area contributed by atoms with E-state index in [9.17, 15) is 4.79 Å². The molecule has 7 nitrogen and oxygen atoms in total. The molecule has 0 atom stereocenters. The lowest BCUT2D eigenvalue weighted by Crippen LogP contribution is -2.43. The summed E-state index contributed by atoms with van der Waals surface area (Å²) in [5.41, 5.74) is 8.53. The molecular formula is C21H28ClN5O2. The maximum absolute atomic E-state index is 12.5. The molecular weight excluding hydrogens is 390 g/mol. The second-order valence-corrected chi connectivity index (χ2v) is 7.59. The SMILES string of the molecule is CN1CCN(Cc2ccc(NC(=O)c3ccc(OCCCCl)c(N)c3)cn2)CC1. The minimum absolute atomic E-state index is 0.238. The molecule has 8 heteroatoms. The number of likely N-dealkylation sites (N-methyl/N-ethyl adjacent to an activating group) is 1. The summed E-state index contributed by atoms with van der Waals surface area (Å²) < 4.78 is 5.55. The van der Waals surface area contributed by atoms with Gasteiger partial charge in [-0.3, -0.25) is 14.7 Å². The normalized spacial score (nSPS) is 15.2. The lowest BCUT2D eigenvalue weighted by molar-refractivity contribution is 0.102. The number of hydrogen-bond donors (Lipinski definition) is 2. The predicted octanol–water partition coefficient (Wildman–Crippen LogP) is 2.67. The summed E-state index contributed by atoms with van der Waals surface area (Å²) >= 11 is 5.64. The number of piperazine rings is 1. The van der Waals surface area contributed by atoms with Gasteiger partial charge in [-0.15, -0.1) is 11.6 Å². The van der Waals surface area contributed by atoms with Crippen LogP contribution in [0.2, 0.25) is 0 Å². The number of ether oxygens (including phenoxy) is 1. The van der Waals surface area contributed by atoms with E-state index in [-0.39, 0.29) is 5.91 Å². The Morgan fingerprint density at radius 3 is 2.69 bits per heavy atom. The molecule has 0 radical (unpaired) electrons. The molecule has 1 aromatic carbocycles. The van der Waals surface area contributed by atoms with Gasteiger partial charge < -0.3 is 20.7 Å². The zero-order chi connectivity index (χ0) is 20.6. The molecule has 3 N–H and O–H groups in total. The number of halogens is 1. The molecule has 0 spiro atoms. The van der Waals surface area contributed by atoms with Crippen LogP contribution in [0.25, 0.3) is 0 Å². The second-order valence-electron chi connectivity index (χ2n) is 7.22. The van der Waals surface area contributed by atoms with Crippen molar-refractivity contribution in [2.75, 3.05) is 56.8 Å². The second kappa shape index (κ2) is 10.4. The van der Waals surface area contributed by atoms with Gasteiger partial charge in [0.25, 0.3) is 5.91 Å². The number of amides is 1. The van der Waals surface area contributed by atoms with E-state index >= 15 is 0 Å². The molecule has 0 unspecified atom stereocenters. The summed E-state index contributed by atoms with van der Waals surface area (Å²) in [5.74, 6) is 0.849. The third kappa shape index (κ3) is 6.32. The Hall–Kier alpha value is -2.35. The van der Waals surface area contributed by atoms with E-state index in [1.807, 2.05) is 12.1 Å². The first kappa shape index (κ1) is 21.4. The first-order valence-corrected chi connectivity index (χ1v) is 10.3. The Labute approximate surface area is 176 Å². The van der Waals surface area contributed by atoms with Gasteiger partial charge in [0.15, 0.2) is 0 Å².